The van der Waals surface area contributed by atoms with Crippen LogP contribution in [0.1, 0.15) is 16.7 Å². The molecule has 2 heteroatoms. The molecule has 0 amide bonds. The fourth-order valence-electron chi connectivity index (χ4n) is 3.45. The van der Waals surface area contributed by atoms with Crippen LogP contribution in [-0.4, -0.2) is 13.2 Å². The third-order valence-electron chi connectivity index (χ3n) is 4.97. The summed E-state index contributed by atoms with van der Waals surface area (Å²) in [6.45, 7) is 5.86. The van der Waals surface area contributed by atoms with Gasteiger partial charge in [-0.05, 0) is 54.5 Å². The van der Waals surface area contributed by atoms with Gasteiger partial charge in [-0.3, -0.25) is 0 Å². The lowest BCUT2D eigenvalue weighted by molar-refractivity contribution is 0.331. The Morgan fingerprint density at radius 1 is 0.960 bits per heavy atom. The zero-order valence-electron chi connectivity index (χ0n) is 14.8. The lowest BCUT2D eigenvalue weighted by atomic mass is 9.99. The zero-order valence-corrected chi connectivity index (χ0v) is 14.8. The molecule has 0 unspecified atom stereocenters. The van der Waals surface area contributed by atoms with Crippen LogP contribution in [0.4, 0.5) is 5.69 Å². The fraction of sp³-hybridized carbons (Fsp3) is 0.217. The first-order chi connectivity index (χ1) is 12.2. The molecule has 0 saturated heterocycles. The number of anilines is 1. The number of hydrogen-bond acceptors (Lipinski definition) is 2. The summed E-state index contributed by atoms with van der Waals surface area (Å²) in [4.78, 5) is 2.30. The minimum Gasteiger partial charge on any atom is -0.491 e. The molecule has 0 aliphatic carbocycles. The van der Waals surface area contributed by atoms with Gasteiger partial charge in [0.1, 0.15) is 12.4 Å². The molecule has 3 aromatic rings. The van der Waals surface area contributed by atoms with Gasteiger partial charge >= 0.3 is 0 Å². The average molecular weight is 329 g/mol. The van der Waals surface area contributed by atoms with Gasteiger partial charge in [0.2, 0.25) is 0 Å². The summed E-state index contributed by atoms with van der Waals surface area (Å²) in [7, 11) is 0. The fourth-order valence-corrected chi connectivity index (χ4v) is 3.45. The van der Waals surface area contributed by atoms with E-state index in [1.165, 1.54) is 33.2 Å². The smallest absolute Gasteiger partial charge is 0.127 e. The van der Waals surface area contributed by atoms with Crippen molar-refractivity contribution in [2.75, 3.05) is 18.1 Å². The Morgan fingerprint density at radius 2 is 1.76 bits per heavy atom. The van der Waals surface area contributed by atoms with Crippen molar-refractivity contribution in [3.63, 3.8) is 0 Å². The molecule has 0 fully saturated rings. The number of allylic oxidation sites excluding steroid dienone is 1. The van der Waals surface area contributed by atoms with E-state index < -0.39 is 0 Å². The van der Waals surface area contributed by atoms with E-state index in [9.17, 15) is 0 Å². The Bertz CT molecular complexity index is 937. The van der Waals surface area contributed by atoms with Gasteiger partial charge in [0.05, 0.1) is 6.54 Å². The number of hydrogen-bond donors (Lipinski definition) is 0. The van der Waals surface area contributed by atoms with Crippen LogP contribution >= 0.6 is 0 Å². The number of aryl methyl sites for hydroxylation is 2. The lowest BCUT2D eigenvalue weighted by Gasteiger charge is -2.27. The van der Waals surface area contributed by atoms with Crippen molar-refractivity contribution < 1.29 is 4.74 Å². The topological polar surface area (TPSA) is 12.5 Å². The van der Waals surface area contributed by atoms with Crippen molar-refractivity contribution in [1.29, 1.82) is 0 Å². The summed E-state index contributed by atoms with van der Waals surface area (Å²) in [5.74, 6) is 0.958. The molecule has 0 aromatic heterocycles. The van der Waals surface area contributed by atoms with E-state index in [1.54, 1.807) is 0 Å². The second-order valence-corrected chi connectivity index (χ2v) is 6.67. The van der Waals surface area contributed by atoms with Crippen molar-refractivity contribution in [2.24, 2.45) is 0 Å². The van der Waals surface area contributed by atoms with Crippen LogP contribution in [0.3, 0.4) is 0 Å². The normalized spacial score (nSPS) is 13.1. The lowest BCUT2D eigenvalue weighted by Crippen LogP contribution is -2.26. The molecule has 1 aliphatic rings. The van der Waals surface area contributed by atoms with Crippen molar-refractivity contribution in [1.82, 2.24) is 0 Å². The quantitative estimate of drug-likeness (QED) is 0.634. The molecule has 1 heterocycles. The van der Waals surface area contributed by atoms with E-state index in [4.69, 9.17) is 4.74 Å². The molecule has 2 nitrogen and oxygen atoms in total. The number of ether oxygens (including phenoxy) is 1. The second-order valence-electron chi connectivity index (χ2n) is 6.67. The van der Waals surface area contributed by atoms with Gasteiger partial charge in [-0.25, -0.2) is 0 Å². The predicted molar refractivity (Wildman–Crippen MR) is 106 cm³/mol. The Morgan fingerprint density at radius 3 is 2.68 bits per heavy atom. The van der Waals surface area contributed by atoms with Crippen LogP contribution in [0, 0.1) is 13.8 Å². The molecule has 4 rings (SSSR count). The standard InChI is InChI=1S/C23H23NO/c1-17-15-20-9-6-12-24(22(20)16-18(17)2)13-14-25-23-11-5-8-19-7-3-4-10-21(19)23/h3-8,10-12,15-16H,9,13-14H2,1-2H3. The third-order valence-corrected chi connectivity index (χ3v) is 4.97. The zero-order chi connectivity index (χ0) is 17.2. The van der Waals surface area contributed by atoms with Crippen molar-refractivity contribution in [3.05, 3.63) is 83.6 Å². The van der Waals surface area contributed by atoms with Gasteiger partial charge in [-0.15, -0.1) is 0 Å². The minimum absolute atomic E-state index is 0.657. The monoisotopic (exact) mass is 329 g/mol. The molecular weight excluding hydrogens is 306 g/mol. The predicted octanol–water partition coefficient (Wildman–Crippen LogP) is 5.41. The van der Waals surface area contributed by atoms with Gasteiger partial charge in [0.15, 0.2) is 0 Å². The minimum atomic E-state index is 0.657. The molecule has 25 heavy (non-hydrogen) atoms. The van der Waals surface area contributed by atoms with E-state index in [2.05, 4.69) is 85.6 Å². The molecular formula is C23H23NO. The van der Waals surface area contributed by atoms with Crippen LogP contribution < -0.4 is 9.64 Å². The maximum atomic E-state index is 6.12. The second kappa shape index (κ2) is 6.64. The average Bonchev–Trinajstić information content (AvgIpc) is 2.63. The van der Waals surface area contributed by atoms with Crippen molar-refractivity contribution >= 4 is 16.5 Å². The van der Waals surface area contributed by atoms with Crippen molar-refractivity contribution in [3.8, 4) is 5.75 Å². The van der Waals surface area contributed by atoms with Crippen LogP contribution in [0.2, 0.25) is 0 Å². The summed E-state index contributed by atoms with van der Waals surface area (Å²) < 4.78 is 6.12. The molecule has 0 saturated carbocycles. The van der Waals surface area contributed by atoms with Crippen LogP contribution in [0.25, 0.3) is 10.8 Å². The highest BCUT2D eigenvalue weighted by Gasteiger charge is 2.14. The summed E-state index contributed by atoms with van der Waals surface area (Å²) in [5, 5.41) is 2.39. The molecule has 3 aromatic carbocycles. The van der Waals surface area contributed by atoms with Gasteiger partial charge in [-0.1, -0.05) is 48.5 Å². The summed E-state index contributed by atoms with van der Waals surface area (Å²) in [5.41, 5.74) is 5.41. The van der Waals surface area contributed by atoms with Crippen LogP contribution in [0.5, 0.6) is 5.75 Å². The molecule has 0 N–H and O–H groups in total. The maximum Gasteiger partial charge on any atom is 0.127 e. The molecule has 0 spiro atoms. The van der Waals surface area contributed by atoms with Gasteiger partial charge < -0.3 is 9.64 Å². The Kier molecular flexibility index (Phi) is 4.19. The van der Waals surface area contributed by atoms with Gasteiger partial charge in [0, 0.05) is 17.3 Å². The van der Waals surface area contributed by atoms with Crippen LogP contribution in [0.15, 0.2) is 66.9 Å². The highest BCUT2D eigenvalue weighted by Crippen LogP contribution is 2.29. The van der Waals surface area contributed by atoms with E-state index in [0.29, 0.717) is 6.61 Å². The number of benzene rings is 3. The molecule has 0 radical (unpaired) electrons. The first kappa shape index (κ1) is 15.8. The molecule has 1 aliphatic heterocycles. The van der Waals surface area contributed by atoms with Crippen molar-refractivity contribution in [2.45, 2.75) is 20.3 Å². The highest BCUT2D eigenvalue weighted by molar-refractivity contribution is 5.88. The van der Waals surface area contributed by atoms with E-state index in [1.807, 2.05) is 0 Å². The molecule has 126 valence electrons. The van der Waals surface area contributed by atoms with E-state index >= 15 is 0 Å². The number of rotatable bonds is 4. The molecule has 0 atom stereocenters. The molecule has 0 bridgehead atoms. The van der Waals surface area contributed by atoms with E-state index in [0.717, 1.165) is 18.7 Å². The first-order valence-electron chi connectivity index (χ1n) is 8.86. The third kappa shape index (κ3) is 3.12. The first-order valence-corrected chi connectivity index (χ1v) is 8.86. The number of fused-ring (bicyclic) bond motifs is 2. The maximum absolute atomic E-state index is 6.12. The summed E-state index contributed by atoms with van der Waals surface area (Å²) in [6, 6.07) is 19.2. The van der Waals surface area contributed by atoms with E-state index in [-0.39, 0.29) is 0 Å². The van der Waals surface area contributed by atoms with Crippen LogP contribution in [-0.2, 0) is 6.42 Å². The number of nitrogens with zero attached hydrogens (tertiary/aromatic N) is 1. The SMILES string of the molecule is Cc1cc2c(cc1C)N(CCOc1cccc3ccccc13)C=CC2. The Balaban J connectivity index is 1.50. The Hall–Kier alpha value is -2.74. The largest absolute Gasteiger partial charge is 0.491 e. The van der Waals surface area contributed by atoms with Gasteiger partial charge in [0.25, 0.3) is 0 Å². The highest BCUT2D eigenvalue weighted by atomic mass is 16.5. The summed E-state index contributed by atoms with van der Waals surface area (Å²) >= 11 is 0. The Labute approximate surface area is 149 Å². The summed E-state index contributed by atoms with van der Waals surface area (Å²) in [6.07, 6.45) is 5.43. The van der Waals surface area contributed by atoms with Gasteiger partial charge in [-0.2, -0.15) is 0 Å².